The van der Waals surface area contributed by atoms with Crippen molar-refractivity contribution < 1.29 is 9.53 Å². The monoisotopic (exact) mass is 435 g/mol. The van der Waals surface area contributed by atoms with Crippen LogP contribution in [0.15, 0.2) is 71.3 Å². The minimum absolute atomic E-state index is 0.216. The molecule has 2 heterocycles. The molecule has 0 saturated heterocycles. The lowest BCUT2D eigenvalue weighted by Crippen LogP contribution is -2.14. The van der Waals surface area contributed by atoms with E-state index in [0.717, 1.165) is 21.2 Å². The van der Waals surface area contributed by atoms with Gasteiger partial charge in [0.05, 0.1) is 12.7 Å². The lowest BCUT2D eigenvalue weighted by atomic mass is 10.1. The summed E-state index contributed by atoms with van der Waals surface area (Å²) in [5, 5.41) is 3.04. The molecule has 5 nitrogen and oxygen atoms in total. The average molecular weight is 436 g/mol. The molecule has 0 aliphatic carbocycles. The fraction of sp³-hybridized carbons (Fsp3) is 0.0909. The largest absolute Gasteiger partial charge is 0.496 e. The number of hydrogen-bond acceptors (Lipinski definition) is 3. The first-order valence-electron chi connectivity index (χ1n) is 8.76. The topological polar surface area (TPSA) is 55.6 Å². The lowest BCUT2D eigenvalue weighted by Gasteiger charge is -2.11. The molecule has 0 unspecified atom stereocenters. The summed E-state index contributed by atoms with van der Waals surface area (Å²) in [5.74, 6) is 1.08. The van der Waals surface area contributed by atoms with Gasteiger partial charge >= 0.3 is 0 Å². The fourth-order valence-corrected chi connectivity index (χ4v) is 3.58. The number of carbonyl (C=O) groups excluding carboxylic acids is 1. The second-order valence-electron chi connectivity index (χ2n) is 6.38. The number of fused-ring (bicyclic) bond motifs is 1. The molecule has 140 valence electrons. The molecular weight excluding hydrogens is 418 g/mol. The molecule has 0 spiro atoms. The number of imidazole rings is 1. The lowest BCUT2D eigenvalue weighted by molar-refractivity contribution is 0.102. The highest BCUT2D eigenvalue weighted by Crippen LogP contribution is 2.35. The van der Waals surface area contributed by atoms with Gasteiger partial charge in [-0.1, -0.05) is 30.3 Å². The van der Waals surface area contributed by atoms with Gasteiger partial charge < -0.3 is 10.1 Å². The molecule has 0 aliphatic rings. The van der Waals surface area contributed by atoms with Crippen LogP contribution in [0.25, 0.3) is 16.9 Å². The van der Waals surface area contributed by atoms with Crippen LogP contribution < -0.4 is 10.1 Å². The number of anilines is 1. The Morgan fingerprint density at radius 2 is 1.82 bits per heavy atom. The van der Waals surface area contributed by atoms with Crippen molar-refractivity contribution >= 4 is 33.3 Å². The Morgan fingerprint density at radius 3 is 2.61 bits per heavy atom. The van der Waals surface area contributed by atoms with Gasteiger partial charge in [-0.15, -0.1) is 0 Å². The summed E-state index contributed by atoms with van der Waals surface area (Å²) in [5.41, 5.74) is 3.83. The van der Waals surface area contributed by atoms with E-state index in [1.54, 1.807) is 13.2 Å². The summed E-state index contributed by atoms with van der Waals surface area (Å²) in [6, 6.07) is 18.9. The molecule has 0 aliphatic heterocycles. The average Bonchev–Trinajstić information content (AvgIpc) is 3.05. The van der Waals surface area contributed by atoms with Gasteiger partial charge in [0.2, 0.25) is 0 Å². The predicted molar refractivity (Wildman–Crippen MR) is 114 cm³/mol. The van der Waals surface area contributed by atoms with E-state index in [2.05, 4.69) is 21.2 Å². The Morgan fingerprint density at radius 1 is 1.07 bits per heavy atom. The second kappa shape index (κ2) is 7.48. The second-order valence-corrected chi connectivity index (χ2v) is 7.23. The molecule has 28 heavy (non-hydrogen) atoms. The van der Waals surface area contributed by atoms with Crippen molar-refractivity contribution in [3.8, 4) is 17.0 Å². The van der Waals surface area contributed by atoms with Crippen LogP contribution in [0.1, 0.15) is 15.9 Å². The third-order valence-corrected chi connectivity index (χ3v) is 5.17. The van der Waals surface area contributed by atoms with Crippen LogP contribution >= 0.6 is 15.9 Å². The molecule has 0 saturated carbocycles. The number of nitrogens with zero attached hydrogens (tertiary/aromatic N) is 2. The van der Waals surface area contributed by atoms with Crippen LogP contribution in [-0.4, -0.2) is 22.4 Å². The fourth-order valence-electron chi connectivity index (χ4n) is 3.12. The Kier molecular flexibility index (Phi) is 4.88. The maximum atomic E-state index is 13.0. The Hall–Kier alpha value is -3.12. The summed E-state index contributed by atoms with van der Waals surface area (Å²) in [6.45, 7) is 2.00. The number of carbonyl (C=O) groups is 1. The standard InChI is InChI=1S/C22H18BrN3O2/c1-14-11-12-19-24-20(16-8-4-6-10-18(16)28-2)21(26(19)13-14)25-22(27)15-7-3-5-9-17(15)23/h3-13H,1-2H3,(H,25,27). The molecule has 6 heteroatoms. The van der Waals surface area contributed by atoms with E-state index >= 15 is 0 Å². The van der Waals surface area contributed by atoms with Gasteiger partial charge in [-0.2, -0.15) is 0 Å². The van der Waals surface area contributed by atoms with Crippen molar-refractivity contribution in [1.29, 1.82) is 0 Å². The number of methoxy groups -OCH3 is 1. The van der Waals surface area contributed by atoms with E-state index in [9.17, 15) is 4.79 Å². The number of amides is 1. The van der Waals surface area contributed by atoms with Gasteiger partial charge in [-0.25, -0.2) is 4.98 Å². The number of halogens is 1. The molecule has 1 N–H and O–H groups in total. The number of pyridine rings is 1. The van der Waals surface area contributed by atoms with Crippen molar-refractivity contribution in [3.05, 3.63) is 82.5 Å². The van der Waals surface area contributed by atoms with Crippen LogP contribution in [0.5, 0.6) is 5.75 Å². The summed E-state index contributed by atoms with van der Waals surface area (Å²) >= 11 is 3.45. The quantitative estimate of drug-likeness (QED) is 0.470. The maximum absolute atomic E-state index is 13.0. The zero-order valence-electron chi connectivity index (χ0n) is 15.4. The predicted octanol–water partition coefficient (Wildman–Crippen LogP) is 5.33. The number of para-hydroxylation sites is 1. The molecule has 2 aromatic heterocycles. The first-order valence-corrected chi connectivity index (χ1v) is 9.56. The molecule has 2 aromatic carbocycles. The highest BCUT2D eigenvalue weighted by molar-refractivity contribution is 9.10. The van der Waals surface area contributed by atoms with Crippen LogP contribution in [-0.2, 0) is 0 Å². The Bertz CT molecular complexity index is 1180. The zero-order chi connectivity index (χ0) is 19.7. The summed E-state index contributed by atoms with van der Waals surface area (Å²) in [7, 11) is 1.62. The van der Waals surface area contributed by atoms with Crippen LogP contribution in [0.2, 0.25) is 0 Å². The van der Waals surface area contributed by atoms with E-state index in [1.807, 2.05) is 72.1 Å². The smallest absolute Gasteiger partial charge is 0.257 e. The third-order valence-electron chi connectivity index (χ3n) is 4.48. The van der Waals surface area contributed by atoms with Gasteiger partial charge in [0.1, 0.15) is 22.9 Å². The number of hydrogen-bond donors (Lipinski definition) is 1. The van der Waals surface area contributed by atoms with Crippen LogP contribution in [0.4, 0.5) is 5.82 Å². The maximum Gasteiger partial charge on any atom is 0.257 e. The van der Waals surface area contributed by atoms with Gasteiger partial charge in [-0.3, -0.25) is 9.20 Å². The molecule has 0 radical (unpaired) electrons. The molecule has 0 atom stereocenters. The van der Waals surface area contributed by atoms with Gasteiger partial charge in [0.25, 0.3) is 5.91 Å². The van der Waals surface area contributed by atoms with E-state index in [1.165, 1.54) is 0 Å². The minimum Gasteiger partial charge on any atom is -0.496 e. The van der Waals surface area contributed by atoms with Gasteiger partial charge in [0.15, 0.2) is 0 Å². The summed E-state index contributed by atoms with van der Waals surface area (Å²) < 4.78 is 8.14. The normalized spacial score (nSPS) is 10.8. The minimum atomic E-state index is -0.216. The number of nitrogens with one attached hydrogen (secondary N) is 1. The van der Waals surface area contributed by atoms with Gasteiger partial charge in [0, 0.05) is 16.2 Å². The first kappa shape index (κ1) is 18.3. The number of rotatable bonds is 4. The molecular formula is C22H18BrN3O2. The number of aryl methyl sites for hydroxylation is 1. The van der Waals surface area contributed by atoms with E-state index < -0.39 is 0 Å². The molecule has 1 amide bonds. The van der Waals surface area contributed by atoms with Crippen molar-refractivity contribution in [2.24, 2.45) is 0 Å². The summed E-state index contributed by atoms with van der Waals surface area (Å²) in [4.78, 5) is 17.7. The highest BCUT2D eigenvalue weighted by atomic mass is 79.9. The molecule has 4 aromatic rings. The number of ether oxygens (including phenoxy) is 1. The third kappa shape index (κ3) is 3.27. The van der Waals surface area contributed by atoms with Crippen LogP contribution in [0, 0.1) is 6.92 Å². The van der Waals surface area contributed by atoms with E-state index in [-0.39, 0.29) is 5.91 Å². The van der Waals surface area contributed by atoms with Crippen molar-refractivity contribution in [1.82, 2.24) is 9.38 Å². The van der Waals surface area contributed by atoms with Crippen molar-refractivity contribution in [2.75, 3.05) is 12.4 Å². The van der Waals surface area contributed by atoms with Gasteiger partial charge in [-0.05, 0) is 58.7 Å². The van der Waals surface area contributed by atoms with Crippen LogP contribution in [0.3, 0.4) is 0 Å². The zero-order valence-corrected chi connectivity index (χ0v) is 17.0. The summed E-state index contributed by atoms with van der Waals surface area (Å²) in [6.07, 6.45) is 1.96. The highest BCUT2D eigenvalue weighted by Gasteiger charge is 2.20. The van der Waals surface area contributed by atoms with E-state index in [4.69, 9.17) is 9.72 Å². The SMILES string of the molecule is COc1ccccc1-c1nc2ccc(C)cn2c1NC(=O)c1ccccc1Br. The molecule has 0 bridgehead atoms. The molecule has 0 fully saturated rings. The Balaban J connectivity index is 1.89. The first-order chi connectivity index (χ1) is 13.6. The number of aromatic nitrogens is 2. The Labute approximate surface area is 171 Å². The van der Waals surface area contributed by atoms with Crippen molar-refractivity contribution in [2.45, 2.75) is 6.92 Å². The molecule has 4 rings (SSSR count). The van der Waals surface area contributed by atoms with Crippen molar-refractivity contribution in [3.63, 3.8) is 0 Å². The number of benzene rings is 2. The van der Waals surface area contributed by atoms with E-state index in [0.29, 0.717) is 22.8 Å².